The molecule has 3 rings (SSSR count). The fourth-order valence-corrected chi connectivity index (χ4v) is 3.35. The second kappa shape index (κ2) is 11.4. The topological polar surface area (TPSA) is 76.4 Å². The first kappa shape index (κ1) is 22.6. The van der Waals surface area contributed by atoms with Gasteiger partial charge in [0, 0.05) is 24.5 Å². The number of aliphatic imine (C=N–C) groups is 1. The zero-order valence-corrected chi connectivity index (χ0v) is 18.9. The molecule has 0 saturated carbocycles. The minimum atomic E-state index is 0.0435. The number of aromatic nitrogens is 3. The maximum atomic E-state index is 6.16. The number of nitrogens with one attached hydrogen (secondary N) is 2. The van der Waals surface area contributed by atoms with Crippen LogP contribution in [0.1, 0.15) is 36.8 Å². The second-order valence-electron chi connectivity index (χ2n) is 7.15. The summed E-state index contributed by atoms with van der Waals surface area (Å²) in [6.45, 7) is 6.16. The highest BCUT2D eigenvalue weighted by Crippen LogP contribution is 2.17. The van der Waals surface area contributed by atoms with Crippen LogP contribution in [0.3, 0.4) is 0 Å². The molecule has 2 N–H and O–H groups in total. The third-order valence-electron chi connectivity index (χ3n) is 4.94. The van der Waals surface area contributed by atoms with Crippen LogP contribution in [-0.4, -0.2) is 34.4 Å². The van der Waals surface area contributed by atoms with Crippen molar-refractivity contribution in [1.29, 1.82) is 0 Å². The fraction of sp³-hybridized carbons (Fsp3) is 0.348. The molecule has 1 atom stereocenters. The van der Waals surface area contributed by atoms with Crippen molar-refractivity contribution in [3.8, 4) is 5.75 Å². The fourth-order valence-electron chi connectivity index (χ4n) is 3.15. The van der Waals surface area contributed by atoms with Gasteiger partial charge >= 0.3 is 0 Å². The van der Waals surface area contributed by atoms with Crippen molar-refractivity contribution in [1.82, 2.24) is 25.4 Å². The maximum Gasteiger partial charge on any atom is 0.192 e. The third-order valence-corrected chi connectivity index (χ3v) is 5.17. The summed E-state index contributed by atoms with van der Waals surface area (Å²) in [7, 11) is 1.66. The van der Waals surface area contributed by atoms with Crippen molar-refractivity contribution in [3.05, 3.63) is 76.8 Å². The third kappa shape index (κ3) is 6.72. The Bertz CT molecular complexity index is 986. The van der Waals surface area contributed by atoms with E-state index in [1.807, 2.05) is 42.5 Å². The molecule has 1 aromatic heterocycles. The van der Waals surface area contributed by atoms with Crippen molar-refractivity contribution >= 4 is 17.6 Å². The summed E-state index contributed by atoms with van der Waals surface area (Å²) in [5.74, 6) is 2.53. The maximum absolute atomic E-state index is 6.16. The van der Waals surface area contributed by atoms with E-state index in [1.54, 1.807) is 13.4 Å². The van der Waals surface area contributed by atoms with Gasteiger partial charge in [0.05, 0.1) is 19.7 Å². The van der Waals surface area contributed by atoms with E-state index in [0.29, 0.717) is 13.1 Å². The first-order valence-electron chi connectivity index (χ1n) is 10.4. The zero-order chi connectivity index (χ0) is 22.1. The number of rotatable bonds is 9. The zero-order valence-electron chi connectivity index (χ0n) is 18.2. The molecule has 2 aromatic carbocycles. The highest BCUT2D eigenvalue weighted by atomic mass is 35.5. The first-order chi connectivity index (χ1) is 15.1. The predicted octanol–water partition coefficient (Wildman–Crippen LogP) is 4.00. The summed E-state index contributed by atoms with van der Waals surface area (Å²) in [6, 6.07) is 15.8. The molecule has 1 heterocycles. The Morgan fingerprint density at radius 1 is 1.23 bits per heavy atom. The van der Waals surface area contributed by atoms with Crippen LogP contribution in [0.2, 0.25) is 5.02 Å². The summed E-state index contributed by atoms with van der Waals surface area (Å²) in [5, 5.41) is 15.7. The molecule has 0 radical (unpaired) electrons. The van der Waals surface area contributed by atoms with E-state index >= 15 is 0 Å². The first-order valence-corrected chi connectivity index (χ1v) is 10.8. The molecule has 0 spiro atoms. The van der Waals surface area contributed by atoms with Crippen LogP contribution in [0.25, 0.3) is 0 Å². The van der Waals surface area contributed by atoms with Gasteiger partial charge in [-0.05, 0) is 42.3 Å². The van der Waals surface area contributed by atoms with E-state index in [1.165, 1.54) is 0 Å². The van der Waals surface area contributed by atoms with E-state index in [0.717, 1.165) is 46.6 Å². The molecule has 7 nitrogen and oxygen atoms in total. The Morgan fingerprint density at radius 3 is 2.74 bits per heavy atom. The summed E-state index contributed by atoms with van der Waals surface area (Å²) in [4.78, 5) is 4.78. The molecule has 0 bridgehead atoms. The lowest BCUT2D eigenvalue weighted by atomic mass is 10.1. The van der Waals surface area contributed by atoms with Gasteiger partial charge in [0.25, 0.3) is 0 Å². The number of ether oxygens (including phenoxy) is 1. The minimum absolute atomic E-state index is 0.0435. The Morgan fingerprint density at radius 2 is 2.03 bits per heavy atom. The molecule has 1 unspecified atom stereocenters. The number of methoxy groups -OCH3 is 1. The van der Waals surface area contributed by atoms with E-state index in [-0.39, 0.29) is 6.04 Å². The van der Waals surface area contributed by atoms with Crippen LogP contribution >= 0.6 is 11.6 Å². The van der Waals surface area contributed by atoms with Gasteiger partial charge in [-0.3, -0.25) is 0 Å². The van der Waals surface area contributed by atoms with E-state index in [2.05, 4.69) is 45.3 Å². The predicted molar refractivity (Wildman–Crippen MR) is 125 cm³/mol. The molecule has 8 heteroatoms. The van der Waals surface area contributed by atoms with Crippen LogP contribution in [0.4, 0.5) is 0 Å². The number of guanidine groups is 1. The van der Waals surface area contributed by atoms with Crippen LogP contribution < -0.4 is 15.4 Å². The van der Waals surface area contributed by atoms with E-state index < -0.39 is 0 Å². The monoisotopic (exact) mass is 440 g/mol. The largest absolute Gasteiger partial charge is 0.497 e. The molecule has 0 aliphatic heterocycles. The normalized spacial score (nSPS) is 12.5. The lowest BCUT2D eigenvalue weighted by Crippen LogP contribution is -2.40. The van der Waals surface area contributed by atoms with Gasteiger partial charge in [-0.1, -0.05) is 42.8 Å². The Hall–Kier alpha value is -3.06. The quantitative estimate of drug-likeness (QED) is 0.388. The number of benzene rings is 2. The molecule has 164 valence electrons. The number of aryl methyl sites for hydroxylation is 1. The standard InChI is InChI=1S/C23H29ClN6O/c1-4-22-29-27-16-30(22)13-12-25-23(26-15-18-8-10-21(31-3)11-9-18)28-17(2)19-6-5-7-20(24)14-19/h5-11,14,16-17H,4,12-13,15H2,1-3H3,(H2,25,26,28). The summed E-state index contributed by atoms with van der Waals surface area (Å²) < 4.78 is 7.28. The van der Waals surface area contributed by atoms with Gasteiger partial charge in [-0.15, -0.1) is 10.2 Å². The number of hydrogen-bond donors (Lipinski definition) is 2. The second-order valence-corrected chi connectivity index (χ2v) is 7.59. The number of halogens is 1. The average molecular weight is 441 g/mol. The van der Waals surface area contributed by atoms with E-state index in [9.17, 15) is 0 Å². The van der Waals surface area contributed by atoms with Gasteiger partial charge in [-0.25, -0.2) is 4.99 Å². The smallest absolute Gasteiger partial charge is 0.192 e. The van der Waals surface area contributed by atoms with E-state index in [4.69, 9.17) is 21.3 Å². The summed E-state index contributed by atoms with van der Waals surface area (Å²) >= 11 is 6.16. The van der Waals surface area contributed by atoms with Crippen LogP contribution in [0.15, 0.2) is 59.9 Å². The molecule has 0 fully saturated rings. The van der Waals surface area contributed by atoms with Gasteiger partial charge in [0.1, 0.15) is 17.9 Å². The van der Waals surface area contributed by atoms with Crippen LogP contribution in [0, 0.1) is 0 Å². The summed E-state index contributed by atoms with van der Waals surface area (Å²) in [6.07, 6.45) is 2.61. The van der Waals surface area contributed by atoms with Crippen LogP contribution in [0.5, 0.6) is 5.75 Å². The van der Waals surface area contributed by atoms with Crippen molar-refractivity contribution < 1.29 is 4.74 Å². The van der Waals surface area contributed by atoms with Gasteiger partial charge in [0.2, 0.25) is 0 Å². The molecule has 0 saturated heterocycles. The van der Waals surface area contributed by atoms with Crippen molar-refractivity contribution in [3.63, 3.8) is 0 Å². The Balaban J connectivity index is 1.68. The minimum Gasteiger partial charge on any atom is -0.497 e. The van der Waals surface area contributed by atoms with Gasteiger partial charge in [0.15, 0.2) is 5.96 Å². The van der Waals surface area contributed by atoms with Crippen molar-refractivity contribution in [2.24, 2.45) is 4.99 Å². The van der Waals surface area contributed by atoms with Crippen molar-refractivity contribution in [2.45, 2.75) is 39.4 Å². The average Bonchev–Trinajstić information content (AvgIpc) is 3.25. The molecular formula is C23H29ClN6O. The number of nitrogens with zero attached hydrogens (tertiary/aromatic N) is 4. The van der Waals surface area contributed by atoms with Crippen molar-refractivity contribution in [2.75, 3.05) is 13.7 Å². The van der Waals surface area contributed by atoms with Gasteiger partial charge in [-0.2, -0.15) is 0 Å². The molecule has 0 aliphatic rings. The Labute approximate surface area is 188 Å². The van der Waals surface area contributed by atoms with Gasteiger partial charge < -0.3 is 19.9 Å². The molecular weight excluding hydrogens is 412 g/mol. The van der Waals surface area contributed by atoms with Crippen LogP contribution in [-0.2, 0) is 19.5 Å². The lowest BCUT2D eigenvalue weighted by Gasteiger charge is -2.19. The Kier molecular flexibility index (Phi) is 8.29. The molecule has 3 aromatic rings. The molecule has 0 aliphatic carbocycles. The SMILES string of the molecule is CCc1nncn1CCNC(=NCc1ccc(OC)cc1)NC(C)c1cccc(Cl)c1. The highest BCUT2D eigenvalue weighted by molar-refractivity contribution is 6.30. The number of hydrogen-bond acceptors (Lipinski definition) is 4. The molecule has 0 amide bonds. The molecule has 31 heavy (non-hydrogen) atoms. The lowest BCUT2D eigenvalue weighted by molar-refractivity contribution is 0.414. The summed E-state index contributed by atoms with van der Waals surface area (Å²) in [5.41, 5.74) is 2.20. The highest BCUT2D eigenvalue weighted by Gasteiger charge is 2.09.